The SMILES string of the molecule is O=C(c1cccc2[nH]cnc12)N1CC[C@](O)(Cc2ccccc2)[C@@H]2CCCC[C@H]21. The normalized spacial score (nSPS) is 27.0. The number of rotatable bonds is 3. The summed E-state index contributed by atoms with van der Waals surface area (Å²) in [6, 6.07) is 16.0. The van der Waals surface area contributed by atoms with E-state index in [1.165, 1.54) is 5.56 Å². The molecular weight excluding hydrogens is 362 g/mol. The van der Waals surface area contributed by atoms with Gasteiger partial charge in [-0.2, -0.15) is 0 Å². The molecule has 0 spiro atoms. The molecule has 1 aromatic heterocycles. The summed E-state index contributed by atoms with van der Waals surface area (Å²) in [5.41, 5.74) is 2.69. The Labute approximate surface area is 170 Å². The van der Waals surface area contributed by atoms with Crippen molar-refractivity contribution in [1.29, 1.82) is 0 Å². The number of para-hydroxylation sites is 1. The van der Waals surface area contributed by atoms with Crippen molar-refractivity contribution in [3.63, 3.8) is 0 Å². The number of hydrogen-bond donors (Lipinski definition) is 2. The third kappa shape index (κ3) is 3.23. The third-order valence-corrected chi connectivity index (χ3v) is 6.90. The monoisotopic (exact) mass is 389 g/mol. The molecule has 1 aliphatic heterocycles. The van der Waals surface area contributed by atoms with Crippen molar-refractivity contribution in [2.24, 2.45) is 5.92 Å². The molecule has 2 aliphatic rings. The lowest BCUT2D eigenvalue weighted by Crippen LogP contribution is -2.61. The minimum Gasteiger partial charge on any atom is -0.389 e. The number of nitrogens with one attached hydrogen (secondary N) is 1. The number of hydrogen-bond acceptors (Lipinski definition) is 3. The van der Waals surface area contributed by atoms with Crippen molar-refractivity contribution in [3.8, 4) is 0 Å². The number of amides is 1. The largest absolute Gasteiger partial charge is 0.389 e. The second-order valence-corrected chi connectivity index (χ2v) is 8.58. The Balaban J connectivity index is 1.45. The van der Waals surface area contributed by atoms with Crippen LogP contribution in [0.1, 0.15) is 48.0 Å². The highest BCUT2D eigenvalue weighted by Gasteiger charge is 2.49. The van der Waals surface area contributed by atoms with E-state index in [2.05, 4.69) is 22.1 Å². The topological polar surface area (TPSA) is 69.2 Å². The van der Waals surface area contributed by atoms with Crippen LogP contribution in [0, 0.1) is 5.92 Å². The van der Waals surface area contributed by atoms with E-state index in [4.69, 9.17) is 0 Å². The Morgan fingerprint density at radius 2 is 1.97 bits per heavy atom. The first-order chi connectivity index (χ1) is 14.2. The van der Waals surface area contributed by atoms with Gasteiger partial charge in [-0.05, 0) is 37.0 Å². The second kappa shape index (κ2) is 7.30. The van der Waals surface area contributed by atoms with Crippen LogP contribution < -0.4 is 0 Å². The quantitative estimate of drug-likeness (QED) is 0.713. The average molecular weight is 389 g/mol. The van der Waals surface area contributed by atoms with Gasteiger partial charge >= 0.3 is 0 Å². The number of H-pyrrole nitrogens is 1. The Kier molecular flexibility index (Phi) is 4.63. The van der Waals surface area contributed by atoms with Crippen LogP contribution in [-0.2, 0) is 6.42 Å². The molecule has 2 fully saturated rings. The maximum absolute atomic E-state index is 13.5. The lowest BCUT2D eigenvalue weighted by Gasteiger charge is -2.52. The van der Waals surface area contributed by atoms with Crippen LogP contribution in [0.25, 0.3) is 11.0 Å². The van der Waals surface area contributed by atoms with Gasteiger partial charge in [-0.1, -0.05) is 49.2 Å². The number of nitrogens with zero attached hydrogens (tertiary/aromatic N) is 2. The van der Waals surface area contributed by atoms with Crippen LogP contribution in [0.5, 0.6) is 0 Å². The summed E-state index contributed by atoms with van der Waals surface area (Å²) < 4.78 is 0. The first-order valence-electron chi connectivity index (χ1n) is 10.7. The van der Waals surface area contributed by atoms with Crippen LogP contribution in [0.15, 0.2) is 54.9 Å². The van der Waals surface area contributed by atoms with Crippen LogP contribution in [0.2, 0.25) is 0 Å². The van der Waals surface area contributed by atoms with Gasteiger partial charge in [0.05, 0.1) is 23.0 Å². The maximum atomic E-state index is 13.5. The van der Waals surface area contributed by atoms with Crippen molar-refractivity contribution in [3.05, 3.63) is 66.0 Å². The summed E-state index contributed by atoms with van der Waals surface area (Å²) in [4.78, 5) is 23.0. The summed E-state index contributed by atoms with van der Waals surface area (Å²) in [5, 5.41) is 11.7. The van der Waals surface area contributed by atoms with Gasteiger partial charge in [0.1, 0.15) is 5.52 Å². The molecule has 2 aromatic carbocycles. The highest BCUT2D eigenvalue weighted by atomic mass is 16.3. The fourth-order valence-electron chi connectivity index (χ4n) is 5.49. The zero-order valence-corrected chi connectivity index (χ0v) is 16.6. The number of piperidine rings is 1. The Bertz CT molecular complexity index is 1020. The molecule has 0 unspecified atom stereocenters. The fraction of sp³-hybridized carbons (Fsp3) is 0.417. The van der Waals surface area contributed by atoms with Gasteiger partial charge in [0.25, 0.3) is 5.91 Å². The number of fused-ring (bicyclic) bond motifs is 2. The van der Waals surface area contributed by atoms with E-state index in [1.807, 2.05) is 41.3 Å². The summed E-state index contributed by atoms with van der Waals surface area (Å²) in [6.45, 7) is 0.587. The van der Waals surface area contributed by atoms with Crippen molar-refractivity contribution < 1.29 is 9.90 Å². The number of aromatic nitrogens is 2. The number of imidazole rings is 1. The first-order valence-corrected chi connectivity index (χ1v) is 10.7. The van der Waals surface area contributed by atoms with Gasteiger partial charge in [-0.3, -0.25) is 4.79 Å². The van der Waals surface area contributed by atoms with Gasteiger partial charge in [-0.15, -0.1) is 0 Å². The summed E-state index contributed by atoms with van der Waals surface area (Å²) in [7, 11) is 0. The van der Waals surface area contributed by atoms with Crippen LogP contribution in [0.4, 0.5) is 0 Å². The molecule has 5 rings (SSSR count). The molecule has 29 heavy (non-hydrogen) atoms. The molecule has 1 saturated carbocycles. The molecule has 150 valence electrons. The van der Waals surface area contributed by atoms with Gasteiger partial charge in [-0.25, -0.2) is 4.98 Å². The molecule has 3 aromatic rings. The molecular formula is C24H27N3O2. The predicted molar refractivity (Wildman–Crippen MR) is 113 cm³/mol. The molecule has 1 amide bonds. The Morgan fingerprint density at radius 3 is 2.83 bits per heavy atom. The standard InChI is InChI=1S/C24H27N3O2/c28-23(18-9-6-11-20-22(18)26-16-25-20)27-14-13-24(29,15-17-7-2-1-3-8-17)19-10-4-5-12-21(19)27/h1-3,6-9,11,16,19,21,29H,4-5,10,12-15H2,(H,25,26)/t19-,21-,24+/m1/s1. The maximum Gasteiger partial charge on any atom is 0.256 e. The van der Waals surface area contributed by atoms with Crippen molar-refractivity contribution in [1.82, 2.24) is 14.9 Å². The number of likely N-dealkylation sites (tertiary alicyclic amines) is 1. The van der Waals surface area contributed by atoms with E-state index in [-0.39, 0.29) is 17.9 Å². The minimum absolute atomic E-state index is 0.0429. The highest BCUT2D eigenvalue weighted by Crippen LogP contribution is 2.43. The van der Waals surface area contributed by atoms with Crippen molar-refractivity contribution >= 4 is 16.9 Å². The number of carbonyl (C=O) groups is 1. The van der Waals surface area contributed by atoms with E-state index < -0.39 is 5.60 Å². The number of benzene rings is 2. The summed E-state index contributed by atoms with van der Waals surface area (Å²) >= 11 is 0. The van der Waals surface area contributed by atoms with Gasteiger partial charge in [0, 0.05) is 24.9 Å². The molecule has 2 heterocycles. The highest BCUT2D eigenvalue weighted by molar-refractivity contribution is 6.05. The predicted octanol–water partition coefficient (Wildman–Crippen LogP) is 3.94. The number of carbonyl (C=O) groups excluding carboxylic acids is 1. The average Bonchev–Trinajstić information content (AvgIpc) is 3.23. The molecule has 0 radical (unpaired) electrons. The number of aliphatic hydroxyl groups is 1. The molecule has 5 heteroatoms. The number of aromatic amines is 1. The summed E-state index contributed by atoms with van der Waals surface area (Å²) in [5.74, 6) is 0.161. The van der Waals surface area contributed by atoms with Crippen LogP contribution >= 0.6 is 0 Å². The Morgan fingerprint density at radius 1 is 1.14 bits per heavy atom. The van der Waals surface area contributed by atoms with Crippen molar-refractivity contribution in [2.45, 2.75) is 50.2 Å². The lowest BCUT2D eigenvalue weighted by atomic mass is 9.67. The third-order valence-electron chi connectivity index (χ3n) is 6.90. The molecule has 5 nitrogen and oxygen atoms in total. The van der Waals surface area contributed by atoms with Gasteiger partial charge in [0.2, 0.25) is 0 Å². The smallest absolute Gasteiger partial charge is 0.256 e. The zero-order valence-electron chi connectivity index (χ0n) is 16.6. The first kappa shape index (κ1) is 18.4. The van der Waals surface area contributed by atoms with Crippen molar-refractivity contribution in [2.75, 3.05) is 6.54 Å². The Hall–Kier alpha value is -2.66. The van der Waals surface area contributed by atoms with E-state index in [9.17, 15) is 9.90 Å². The van der Waals surface area contributed by atoms with E-state index in [0.29, 0.717) is 24.9 Å². The minimum atomic E-state index is -0.748. The molecule has 3 atom stereocenters. The van der Waals surface area contributed by atoms with Gasteiger partial charge < -0.3 is 15.0 Å². The van der Waals surface area contributed by atoms with Crippen LogP contribution in [-0.4, -0.2) is 44.1 Å². The fourth-order valence-corrected chi connectivity index (χ4v) is 5.49. The van der Waals surface area contributed by atoms with E-state index in [0.717, 1.165) is 36.7 Å². The molecule has 1 aliphatic carbocycles. The van der Waals surface area contributed by atoms with E-state index in [1.54, 1.807) is 6.33 Å². The zero-order chi connectivity index (χ0) is 19.8. The van der Waals surface area contributed by atoms with Crippen LogP contribution in [0.3, 0.4) is 0 Å². The van der Waals surface area contributed by atoms with E-state index >= 15 is 0 Å². The lowest BCUT2D eigenvalue weighted by molar-refractivity contribution is -0.104. The molecule has 1 saturated heterocycles. The summed E-state index contributed by atoms with van der Waals surface area (Å²) in [6.07, 6.45) is 7.08. The molecule has 2 N–H and O–H groups in total. The van der Waals surface area contributed by atoms with Gasteiger partial charge in [0.15, 0.2) is 0 Å². The second-order valence-electron chi connectivity index (χ2n) is 8.58. The molecule has 0 bridgehead atoms.